The number of Topliss-reactive ketones (excluding diaryl/α,β-unsaturated/α-hetero) is 1. The summed E-state index contributed by atoms with van der Waals surface area (Å²) in [5, 5.41) is -0.686. The Morgan fingerprint density at radius 2 is 1.80 bits per heavy atom. The zero-order valence-corrected chi connectivity index (χ0v) is 12.1. The van der Waals surface area contributed by atoms with Gasteiger partial charge in [0.25, 0.3) is 0 Å². The number of ketones is 1. The van der Waals surface area contributed by atoms with Crippen LogP contribution in [0.25, 0.3) is 5.69 Å². The van der Waals surface area contributed by atoms with E-state index in [1.54, 1.807) is 26.8 Å². The number of para-hydroxylation sites is 1. The molecule has 20 heavy (non-hydrogen) atoms. The summed E-state index contributed by atoms with van der Waals surface area (Å²) < 4.78 is 29.2. The number of halogens is 3. The number of benzene rings is 1. The zero-order valence-electron chi connectivity index (χ0n) is 11.4. The Morgan fingerprint density at radius 1 is 1.25 bits per heavy atom. The average molecular weight is 298 g/mol. The van der Waals surface area contributed by atoms with Gasteiger partial charge in [-0.2, -0.15) is 0 Å². The molecule has 106 valence electrons. The van der Waals surface area contributed by atoms with Gasteiger partial charge in [-0.1, -0.05) is 6.07 Å². The normalized spacial score (nSPS) is 12.5. The number of nitrogens with zero attached hydrogens (tertiary/aromatic N) is 1. The molecule has 0 radical (unpaired) electrons. The van der Waals surface area contributed by atoms with Crippen molar-refractivity contribution in [3.63, 3.8) is 0 Å². The van der Waals surface area contributed by atoms with E-state index in [4.69, 9.17) is 11.6 Å². The number of hydrogen-bond donors (Lipinski definition) is 0. The van der Waals surface area contributed by atoms with E-state index in [-0.39, 0.29) is 11.5 Å². The van der Waals surface area contributed by atoms with E-state index in [9.17, 15) is 13.6 Å². The molecule has 1 unspecified atom stereocenters. The minimum absolute atomic E-state index is 0.177. The number of alkyl halides is 1. The predicted octanol–water partition coefficient (Wildman–Crippen LogP) is 4.18. The molecule has 0 aliphatic carbocycles. The monoisotopic (exact) mass is 297 g/mol. The third kappa shape index (κ3) is 2.36. The maximum atomic E-state index is 13.9. The molecule has 2 nitrogen and oxygen atoms in total. The second-order valence-corrected chi connectivity index (χ2v) is 5.33. The molecule has 2 aromatic rings. The van der Waals surface area contributed by atoms with E-state index in [1.165, 1.54) is 22.8 Å². The first-order valence-corrected chi connectivity index (χ1v) is 6.59. The summed E-state index contributed by atoms with van der Waals surface area (Å²) in [5.74, 6) is -1.61. The SMILES string of the molecule is Cc1cc(C(=O)C(C)Cl)c(C)n1-c1c(F)cccc1F. The predicted molar refractivity (Wildman–Crippen MR) is 74.8 cm³/mol. The van der Waals surface area contributed by atoms with Crippen LogP contribution in [0.3, 0.4) is 0 Å². The topological polar surface area (TPSA) is 22.0 Å². The molecule has 0 saturated carbocycles. The highest BCUT2D eigenvalue weighted by Gasteiger charge is 2.22. The summed E-state index contributed by atoms with van der Waals surface area (Å²) >= 11 is 5.80. The van der Waals surface area contributed by atoms with E-state index < -0.39 is 17.0 Å². The van der Waals surface area contributed by atoms with Crippen molar-refractivity contribution in [2.75, 3.05) is 0 Å². The van der Waals surface area contributed by atoms with Crippen LogP contribution in [0.1, 0.15) is 28.7 Å². The third-order valence-electron chi connectivity index (χ3n) is 3.22. The minimum Gasteiger partial charge on any atom is -0.313 e. The van der Waals surface area contributed by atoms with Crippen LogP contribution in [0.4, 0.5) is 8.78 Å². The Labute approximate surface area is 121 Å². The van der Waals surface area contributed by atoms with Crippen molar-refractivity contribution in [2.45, 2.75) is 26.1 Å². The first kappa shape index (κ1) is 14.7. The lowest BCUT2D eigenvalue weighted by Gasteiger charge is -2.12. The van der Waals surface area contributed by atoms with Crippen LogP contribution < -0.4 is 0 Å². The maximum Gasteiger partial charge on any atom is 0.182 e. The first-order valence-electron chi connectivity index (χ1n) is 6.16. The second-order valence-electron chi connectivity index (χ2n) is 4.67. The van der Waals surface area contributed by atoms with Crippen LogP contribution >= 0.6 is 11.6 Å². The van der Waals surface area contributed by atoms with E-state index in [1.807, 2.05) is 0 Å². The van der Waals surface area contributed by atoms with E-state index in [0.29, 0.717) is 17.0 Å². The van der Waals surface area contributed by atoms with Crippen molar-refractivity contribution in [2.24, 2.45) is 0 Å². The summed E-state index contributed by atoms with van der Waals surface area (Å²) in [6, 6.07) is 5.27. The van der Waals surface area contributed by atoms with Crippen molar-refractivity contribution in [1.82, 2.24) is 4.57 Å². The van der Waals surface area contributed by atoms with Crippen LogP contribution in [0, 0.1) is 25.5 Å². The number of hydrogen-bond acceptors (Lipinski definition) is 1. The number of carbonyl (C=O) groups is 1. The standard InChI is InChI=1S/C15H14ClF2NO/c1-8-7-11(15(20)9(2)16)10(3)19(8)14-12(17)5-4-6-13(14)18/h4-7,9H,1-3H3. The summed E-state index contributed by atoms with van der Waals surface area (Å²) in [6.07, 6.45) is 0. The quantitative estimate of drug-likeness (QED) is 0.615. The smallest absolute Gasteiger partial charge is 0.182 e. The number of aromatic nitrogens is 1. The van der Waals surface area contributed by atoms with Gasteiger partial charge in [0, 0.05) is 17.0 Å². The molecule has 0 aliphatic heterocycles. The number of carbonyl (C=O) groups excluding carboxylic acids is 1. The largest absolute Gasteiger partial charge is 0.313 e. The van der Waals surface area contributed by atoms with Gasteiger partial charge in [0.05, 0.1) is 5.38 Å². The van der Waals surface area contributed by atoms with Crippen LogP contribution in [0.5, 0.6) is 0 Å². The van der Waals surface area contributed by atoms with Crippen molar-refractivity contribution < 1.29 is 13.6 Å². The molecule has 1 heterocycles. The van der Waals surface area contributed by atoms with Gasteiger partial charge in [-0.3, -0.25) is 4.79 Å². The maximum absolute atomic E-state index is 13.9. The van der Waals surface area contributed by atoms with Crippen molar-refractivity contribution in [1.29, 1.82) is 0 Å². The van der Waals surface area contributed by atoms with Gasteiger partial charge >= 0.3 is 0 Å². The summed E-state index contributed by atoms with van der Waals surface area (Å²) in [7, 11) is 0. The number of rotatable bonds is 3. The lowest BCUT2D eigenvalue weighted by Crippen LogP contribution is -2.12. The van der Waals surface area contributed by atoms with E-state index >= 15 is 0 Å². The molecule has 0 amide bonds. The molecular weight excluding hydrogens is 284 g/mol. The molecule has 1 aromatic carbocycles. The van der Waals surface area contributed by atoms with Crippen molar-refractivity contribution in [3.05, 3.63) is 52.9 Å². The second kappa shape index (κ2) is 5.37. The van der Waals surface area contributed by atoms with Crippen molar-refractivity contribution >= 4 is 17.4 Å². The average Bonchev–Trinajstić information content (AvgIpc) is 2.65. The fraction of sp³-hybridized carbons (Fsp3) is 0.267. The van der Waals surface area contributed by atoms with Gasteiger partial charge in [0.1, 0.15) is 17.3 Å². The molecule has 0 fully saturated rings. The molecule has 2 rings (SSSR count). The fourth-order valence-electron chi connectivity index (χ4n) is 2.27. The molecule has 5 heteroatoms. The third-order valence-corrected chi connectivity index (χ3v) is 3.42. The molecule has 0 aliphatic rings. The Hall–Kier alpha value is -1.68. The van der Waals surface area contributed by atoms with Gasteiger partial charge < -0.3 is 4.57 Å². The van der Waals surface area contributed by atoms with Crippen LogP contribution in [0.2, 0.25) is 0 Å². The summed E-state index contributed by atoms with van der Waals surface area (Å²) in [6.45, 7) is 4.90. The zero-order chi connectivity index (χ0) is 15.0. The van der Waals surface area contributed by atoms with Crippen LogP contribution in [-0.4, -0.2) is 15.7 Å². The van der Waals surface area contributed by atoms with Gasteiger partial charge in [0.2, 0.25) is 0 Å². The Kier molecular flexibility index (Phi) is 3.95. The summed E-state index contributed by atoms with van der Waals surface area (Å²) in [4.78, 5) is 12.0. The van der Waals surface area contributed by atoms with Gasteiger partial charge in [-0.05, 0) is 39.0 Å². The highest BCUT2D eigenvalue weighted by Crippen LogP contribution is 2.26. The highest BCUT2D eigenvalue weighted by molar-refractivity contribution is 6.33. The Morgan fingerprint density at radius 3 is 2.30 bits per heavy atom. The number of aryl methyl sites for hydroxylation is 1. The highest BCUT2D eigenvalue weighted by atomic mass is 35.5. The fourth-order valence-corrected chi connectivity index (χ4v) is 2.39. The molecule has 1 aromatic heterocycles. The molecule has 0 N–H and O–H groups in total. The van der Waals surface area contributed by atoms with Gasteiger partial charge in [-0.25, -0.2) is 8.78 Å². The molecule has 1 atom stereocenters. The lowest BCUT2D eigenvalue weighted by atomic mass is 10.1. The van der Waals surface area contributed by atoms with E-state index in [0.717, 1.165) is 0 Å². The van der Waals surface area contributed by atoms with Crippen LogP contribution in [0.15, 0.2) is 24.3 Å². The van der Waals surface area contributed by atoms with Crippen molar-refractivity contribution in [3.8, 4) is 5.69 Å². The lowest BCUT2D eigenvalue weighted by molar-refractivity contribution is 0.0991. The van der Waals surface area contributed by atoms with Gasteiger partial charge in [-0.15, -0.1) is 11.6 Å². The molecule has 0 bridgehead atoms. The Bertz CT molecular complexity index is 657. The van der Waals surface area contributed by atoms with Crippen LogP contribution in [-0.2, 0) is 0 Å². The first-order chi connectivity index (χ1) is 9.34. The minimum atomic E-state index is -0.686. The molecular formula is C15H14ClF2NO. The van der Waals surface area contributed by atoms with Gasteiger partial charge in [0.15, 0.2) is 5.78 Å². The summed E-state index contributed by atoms with van der Waals surface area (Å²) in [5.41, 5.74) is 1.26. The van der Waals surface area contributed by atoms with E-state index in [2.05, 4.69) is 0 Å². The Balaban J connectivity index is 2.68. The molecule has 0 saturated heterocycles. The molecule has 0 spiro atoms.